The molecule has 0 fully saturated rings. The molecule has 0 saturated carbocycles. The molecule has 2 aromatic carbocycles. The summed E-state index contributed by atoms with van der Waals surface area (Å²) in [5, 5.41) is 5.24. The summed E-state index contributed by atoms with van der Waals surface area (Å²) in [5.74, 6) is -0.690. The van der Waals surface area contributed by atoms with Crippen LogP contribution in [0.2, 0.25) is 0 Å². The van der Waals surface area contributed by atoms with Gasteiger partial charge in [0, 0.05) is 16.5 Å². The van der Waals surface area contributed by atoms with E-state index in [4.69, 9.17) is 4.74 Å². The standard InChI is InChI=1S/C22H21NO3S/c1-4-26-22(25)19-18(17-11-10-14(2)15(3)12-17)13-27-21(19)23-20(24)16-8-6-5-7-9-16/h5-13H,4H2,1-3H3,(H,23,24). The third-order valence-electron chi connectivity index (χ3n) is 4.35. The minimum atomic E-state index is -0.435. The second-order valence-electron chi connectivity index (χ2n) is 6.19. The highest BCUT2D eigenvalue weighted by atomic mass is 32.1. The Morgan fingerprint density at radius 2 is 1.78 bits per heavy atom. The average molecular weight is 379 g/mol. The van der Waals surface area contributed by atoms with E-state index in [0.717, 1.165) is 16.7 Å². The van der Waals surface area contributed by atoms with E-state index in [1.807, 2.05) is 43.5 Å². The van der Waals surface area contributed by atoms with Crippen LogP contribution in [0.4, 0.5) is 5.00 Å². The Labute approximate surface area is 162 Å². The van der Waals surface area contributed by atoms with Crippen molar-refractivity contribution in [1.82, 2.24) is 0 Å². The summed E-state index contributed by atoms with van der Waals surface area (Å²) in [5.41, 5.74) is 4.96. The lowest BCUT2D eigenvalue weighted by atomic mass is 9.99. The summed E-state index contributed by atoms with van der Waals surface area (Å²) in [6.45, 7) is 6.12. The molecule has 1 aromatic heterocycles. The van der Waals surface area contributed by atoms with Crippen LogP contribution in [-0.2, 0) is 4.74 Å². The zero-order chi connectivity index (χ0) is 19.4. The second kappa shape index (κ2) is 8.18. The summed E-state index contributed by atoms with van der Waals surface area (Å²) in [6, 6.07) is 15.0. The van der Waals surface area contributed by atoms with Crippen LogP contribution in [0.1, 0.15) is 38.8 Å². The fourth-order valence-corrected chi connectivity index (χ4v) is 3.69. The van der Waals surface area contributed by atoms with Gasteiger partial charge in [-0.05, 0) is 49.6 Å². The SMILES string of the molecule is CCOC(=O)c1c(-c2ccc(C)c(C)c2)csc1NC(=O)c1ccccc1. The fraction of sp³-hybridized carbons (Fsp3) is 0.182. The molecule has 3 aromatic rings. The number of rotatable bonds is 5. The first kappa shape index (κ1) is 18.9. The molecule has 0 atom stereocenters. The maximum Gasteiger partial charge on any atom is 0.341 e. The molecule has 1 heterocycles. The zero-order valence-corrected chi connectivity index (χ0v) is 16.4. The molecule has 0 saturated heterocycles. The number of benzene rings is 2. The van der Waals surface area contributed by atoms with Crippen LogP contribution in [0, 0.1) is 13.8 Å². The van der Waals surface area contributed by atoms with Crippen LogP contribution < -0.4 is 5.32 Å². The third-order valence-corrected chi connectivity index (χ3v) is 5.25. The van der Waals surface area contributed by atoms with E-state index in [0.29, 0.717) is 16.1 Å². The maximum atomic E-state index is 12.6. The largest absolute Gasteiger partial charge is 0.462 e. The molecule has 1 N–H and O–H groups in total. The van der Waals surface area contributed by atoms with Crippen LogP contribution in [0.5, 0.6) is 0 Å². The molecule has 3 rings (SSSR count). The van der Waals surface area contributed by atoms with Gasteiger partial charge in [-0.15, -0.1) is 11.3 Å². The molecular weight excluding hydrogens is 358 g/mol. The second-order valence-corrected chi connectivity index (χ2v) is 7.07. The minimum Gasteiger partial charge on any atom is -0.462 e. The van der Waals surface area contributed by atoms with Crippen LogP contribution >= 0.6 is 11.3 Å². The topological polar surface area (TPSA) is 55.4 Å². The van der Waals surface area contributed by atoms with Gasteiger partial charge in [-0.25, -0.2) is 4.79 Å². The molecule has 0 unspecified atom stereocenters. The first-order valence-corrected chi connectivity index (χ1v) is 9.62. The number of hydrogen-bond donors (Lipinski definition) is 1. The van der Waals surface area contributed by atoms with E-state index in [1.165, 1.54) is 16.9 Å². The first-order valence-electron chi connectivity index (χ1n) is 8.74. The van der Waals surface area contributed by atoms with Crippen LogP contribution in [0.15, 0.2) is 53.9 Å². The number of carbonyl (C=O) groups excluding carboxylic acids is 2. The van der Waals surface area contributed by atoms with Gasteiger partial charge in [0.2, 0.25) is 0 Å². The number of thiophene rings is 1. The minimum absolute atomic E-state index is 0.255. The Morgan fingerprint density at radius 3 is 2.44 bits per heavy atom. The third kappa shape index (κ3) is 4.09. The van der Waals surface area contributed by atoms with E-state index >= 15 is 0 Å². The van der Waals surface area contributed by atoms with Crippen molar-refractivity contribution >= 4 is 28.2 Å². The highest BCUT2D eigenvalue weighted by molar-refractivity contribution is 7.15. The van der Waals surface area contributed by atoms with Crippen molar-refractivity contribution in [1.29, 1.82) is 0 Å². The van der Waals surface area contributed by atoms with Gasteiger partial charge in [0.05, 0.1) is 6.61 Å². The smallest absolute Gasteiger partial charge is 0.341 e. The van der Waals surface area contributed by atoms with Crippen LogP contribution in [0.3, 0.4) is 0 Å². The summed E-state index contributed by atoms with van der Waals surface area (Å²) < 4.78 is 5.25. The van der Waals surface area contributed by atoms with Crippen molar-refractivity contribution in [2.24, 2.45) is 0 Å². The number of anilines is 1. The molecule has 27 heavy (non-hydrogen) atoms. The average Bonchev–Trinajstić information content (AvgIpc) is 3.08. The highest BCUT2D eigenvalue weighted by Gasteiger charge is 2.23. The number of esters is 1. The summed E-state index contributed by atoms with van der Waals surface area (Å²) in [4.78, 5) is 25.2. The van der Waals surface area contributed by atoms with E-state index in [2.05, 4.69) is 5.32 Å². The molecule has 0 bridgehead atoms. The van der Waals surface area contributed by atoms with Gasteiger partial charge in [0.15, 0.2) is 0 Å². The van der Waals surface area contributed by atoms with Gasteiger partial charge >= 0.3 is 5.97 Å². The Hall–Kier alpha value is -2.92. The molecule has 1 amide bonds. The van der Waals surface area contributed by atoms with Gasteiger partial charge in [-0.3, -0.25) is 4.79 Å². The van der Waals surface area contributed by atoms with E-state index in [9.17, 15) is 9.59 Å². The molecular formula is C22H21NO3S. The monoisotopic (exact) mass is 379 g/mol. The number of amides is 1. The molecule has 0 radical (unpaired) electrons. The van der Waals surface area contributed by atoms with Crippen molar-refractivity contribution in [2.45, 2.75) is 20.8 Å². The molecule has 0 aliphatic carbocycles. The van der Waals surface area contributed by atoms with Gasteiger partial charge in [0.25, 0.3) is 5.91 Å². The maximum absolute atomic E-state index is 12.6. The van der Waals surface area contributed by atoms with Gasteiger partial charge in [-0.2, -0.15) is 0 Å². The van der Waals surface area contributed by atoms with Gasteiger partial charge < -0.3 is 10.1 Å². The quantitative estimate of drug-likeness (QED) is 0.599. The Kier molecular flexibility index (Phi) is 5.72. The summed E-state index contributed by atoms with van der Waals surface area (Å²) in [6.07, 6.45) is 0. The van der Waals surface area contributed by atoms with Crippen molar-refractivity contribution in [3.05, 3.63) is 76.2 Å². The first-order chi connectivity index (χ1) is 13.0. The Morgan fingerprint density at radius 1 is 1.04 bits per heavy atom. The molecule has 4 nitrogen and oxygen atoms in total. The number of carbonyl (C=O) groups is 2. The van der Waals surface area contributed by atoms with Gasteiger partial charge in [-0.1, -0.05) is 36.4 Å². The molecule has 0 aliphatic rings. The van der Waals surface area contributed by atoms with Gasteiger partial charge in [0.1, 0.15) is 10.6 Å². The van der Waals surface area contributed by atoms with E-state index in [-0.39, 0.29) is 12.5 Å². The number of aryl methyl sites for hydroxylation is 2. The zero-order valence-electron chi connectivity index (χ0n) is 15.5. The number of hydrogen-bond acceptors (Lipinski definition) is 4. The lowest BCUT2D eigenvalue weighted by Crippen LogP contribution is -2.14. The number of ether oxygens (including phenoxy) is 1. The normalized spacial score (nSPS) is 10.5. The number of nitrogens with one attached hydrogen (secondary N) is 1. The van der Waals surface area contributed by atoms with E-state index in [1.54, 1.807) is 31.2 Å². The molecule has 0 aliphatic heterocycles. The Bertz CT molecular complexity index is 976. The predicted molar refractivity (Wildman–Crippen MR) is 110 cm³/mol. The summed E-state index contributed by atoms with van der Waals surface area (Å²) in [7, 11) is 0. The molecule has 5 heteroatoms. The highest BCUT2D eigenvalue weighted by Crippen LogP contribution is 2.37. The van der Waals surface area contributed by atoms with E-state index < -0.39 is 5.97 Å². The lowest BCUT2D eigenvalue weighted by Gasteiger charge is -2.10. The van der Waals surface area contributed by atoms with Crippen molar-refractivity contribution < 1.29 is 14.3 Å². The summed E-state index contributed by atoms with van der Waals surface area (Å²) >= 11 is 1.33. The predicted octanol–water partition coefficient (Wildman–Crippen LogP) is 5.46. The van der Waals surface area contributed by atoms with Crippen molar-refractivity contribution in [3.8, 4) is 11.1 Å². The molecule has 138 valence electrons. The van der Waals surface area contributed by atoms with Crippen LogP contribution in [0.25, 0.3) is 11.1 Å². The van der Waals surface area contributed by atoms with Crippen molar-refractivity contribution in [2.75, 3.05) is 11.9 Å². The fourth-order valence-electron chi connectivity index (χ4n) is 2.74. The van der Waals surface area contributed by atoms with Crippen molar-refractivity contribution in [3.63, 3.8) is 0 Å². The Balaban J connectivity index is 2.01. The lowest BCUT2D eigenvalue weighted by molar-refractivity contribution is 0.0529. The molecule has 0 spiro atoms. The van der Waals surface area contributed by atoms with Crippen LogP contribution in [-0.4, -0.2) is 18.5 Å².